The Bertz CT molecular complexity index is 334. The van der Waals surface area contributed by atoms with E-state index in [0.29, 0.717) is 5.56 Å². The van der Waals surface area contributed by atoms with Gasteiger partial charge in [-0.05, 0) is 31.6 Å². The van der Waals surface area contributed by atoms with E-state index in [-0.39, 0.29) is 12.4 Å². The predicted octanol–water partition coefficient (Wildman–Crippen LogP) is 1.91. The van der Waals surface area contributed by atoms with E-state index >= 15 is 0 Å². The number of benzene rings is 1. The molecule has 0 saturated carbocycles. The minimum Gasteiger partial charge on any atom is -0.326 e. The van der Waals surface area contributed by atoms with E-state index in [1.54, 1.807) is 6.07 Å². The molecule has 0 spiro atoms. The van der Waals surface area contributed by atoms with Crippen LogP contribution in [0.15, 0.2) is 24.3 Å². The van der Waals surface area contributed by atoms with Crippen molar-refractivity contribution in [1.29, 1.82) is 0 Å². The summed E-state index contributed by atoms with van der Waals surface area (Å²) >= 11 is 0. The molecule has 1 aromatic carbocycles. The molecule has 0 aliphatic heterocycles. The summed E-state index contributed by atoms with van der Waals surface area (Å²) in [5, 5.41) is 3.04. The summed E-state index contributed by atoms with van der Waals surface area (Å²) in [5.41, 5.74) is 6.81. The Morgan fingerprint density at radius 1 is 1.47 bits per heavy atom. The van der Waals surface area contributed by atoms with Gasteiger partial charge >= 0.3 is 0 Å². The molecule has 0 fully saturated rings. The van der Waals surface area contributed by atoms with Crippen molar-refractivity contribution in [2.45, 2.75) is 13.0 Å². The molecule has 0 aliphatic rings. The molecule has 3 N–H and O–H groups in total. The standard InChI is InChI=1S/C12H17FN2/c1-15-7-3-2-4-10-5-6-11(9-14)12(13)8-10/h2,4-6,8,15H,3,7,9,14H2,1H3. The van der Waals surface area contributed by atoms with Crippen LogP contribution in [0.5, 0.6) is 0 Å². The number of nitrogens with one attached hydrogen (secondary N) is 1. The lowest BCUT2D eigenvalue weighted by Crippen LogP contribution is -2.05. The van der Waals surface area contributed by atoms with Crippen molar-refractivity contribution in [1.82, 2.24) is 5.32 Å². The van der Waals surface area contributed by atoms with E-state index < -0.39 is 0 Å². The predicted molar refractivity (Wildman–Crippen MR) is 61.9 cm³/mol. The normalized spacial score (nSPS) is 11.1. The van der Waals surface area contributed by atoms with E-state index in [4.69, 9.17) is 5.73 Å². The Labute approximate surface area is 90.0 Å². The van der Waals surface area contributed by atoms with Gasteiger partial charge in [0.25, 0.3) is 0 Å². The topological polar surface area (TPSA) is 38.0 Å². The zero-order valence-electron chi connectivity index (χ0n) is 8.96. The van der Waals surface area contributed by atoms with E-state index in [0.717, 1.165) is 18.5 Å². The third kappa shape index (κ3) is 3.81. The highest BCUT2D eigenvalue weighted by Crippen LogP contribution is 2.11. The molecule has 2 nitrogen and oxygen atoms in total. The molecule has 15 heavy (non-hydrogen) atoms. The highest BCUT2D eigenvalue weighted by molar-refractivity contribution is 5.49. The SMILES string of the molecule is CNCCC=Cc1ccc(CN)c(F)c1. The Balaban J connectivity index is 2.63. The molecule has 1 rings (SSSR count). The first kappa shape index (κ1) is 11.9. The average Bonchev–Trinajstić information content (AvgIpc) is 2.25. The number of nitrogens with two attached hydrogens (primary N) is 1. The van der Waals surface area contributed by atoms with E-state index in [9.17, 15) is 4.39 Å². The number of hydrogen-bond donors (Lipinski definition) is 2. The minimum atomic E-state index is -0.228. The maximum absolute atomic E-state index is 13.3. The van der Waals surface area contributed by atoms with Gasteiger partial charge in [-0.1, -0.05) is 24.3 Å². The van der Waals surface area contributed by atoms with Crippen LogP contribution < -0.4 is 11.1 Å². The molecular weight excluding hydrogens is 191 g/mol. The van der Waals surface area contributed by atoms with Crippen LogP contribution in [0.4, 0.5) is 4.39 Å². The lowest BCUT2D eigenvalue weighted by molar-refractivity contribution is 0.610. The van der Waals surface area contributed by atoms with Crippen LogP contribution in [0.2, 0.25) is 0 Å². The van der Waals surface area contributed by atoms with Crippen molar-refractivity contribution in [2.75, 3.05) is 13.6 Å². The van der Waals surface area contributed by atoms with Crippen molar-refractivity contribution in [2.24, 2.45) is 5.73 Å². The minimum absolute atomic E-state index is 0.228. The van der Waals surface area contributed by atoms with Gasteiger partial charge in [0, 0.05) is 12.1 Å². The molecule has 0 saturated heterocycles. The number of rotatable bonds is 5. The van der Waals surface area contributed by atoms with Gasteiger partial charge in [-0.3, -0.25) is 0 Å². The molecule has 0 bridgehead atoms. The Kier molecular flexibility index (Phi) is 5.01. The third-order valence-electron chi connectivity index (χ3n) is 2.17. The molecule has 0 atom stereocenters. The average molecular weight is 208 g/mol. The van der Waals surface area contributed by atoms with Crippen LogP contribution in [-0.2, 0) is 6.54 Å². The number of hydrogen-bond acceptors (Lipinski definition) is 2. The maximum Gasteiger partial charge on any atom is 0.128 e. The summed E-state index contributed by atoms with van der Waals surface area (Å²) < 4.78 is 13.3. The summed E-state index contributed by atoms with van der Waals surface area (Å²) in [6.07, 6.45) is 4.88. The summed E-state index contributed by atoms with van der Waals surface area (Å²) in [7, 11) is 1.91. The molecule has 0 radical (unpaired) electrons. The lowest BCUT2D eigenvalue weighted by atomic mass is 10.1. The van der Waals surface area contributed by atoms with Crippen molar-refractivity contribution in [3.05, 3.63) is 41.2 Å². The largest absolute Gasteiger partial charge is 0.326 e. The fraction of sp³-hybridized carbons (Fsp3) is 0.333. The summed E-state index contributed by atoms with van der Waals surface area (Å²) in [5.74, 6) is -0.228. The van der Waals surface area contributed by atoms with Crippen molar-refractivity contribution in [3.63, 3.8) is 0 Å². The van der Waals surface area contributed by atoms with Gasteiger partial charge in [-0.15, -0.1) is 0 Å². The van der Waals surface area contributed by atoms with Gasteiger partial charge in [0.1, 0.15) is 5.82 Å². The second-order valence-corrected chi connectivity index (χ2v) is 3.35. The van der Waals surface area contributed by atoms with Crippen LogP contribution in [0, 0.1) is 5.82 Å². The summed E-state index contributed by atoms with van der Waals surface area (Å²) in [6, 6.07) is 5.12. The van der Waals surface area contributed by atoms with Gasteiger partial charge in [0.05, 0.1) is 0 Å². The van der Waals surface area contributed by atoms with Crippen LogP contribution in [0.3, 0.4) is 0 Å². The smallest absolute Gasteiger partial charge is 0.128 e. The van der Waals surface area contributed by atoms with Gasteiger partial charge in [0.15, 0.2) is 0 Å². The number of halogens is 1. The first-order chi connectivity index (χ1) is 7.27. The van der Waals surface area contributed by atoms with Crippen molar-refractivity contribution >= 4 is 6.08 Å². The van der Waals surface area contributed by atoms with Crippen LogP contribution in [0.25, 0.3) is 6.08 Å². The Morgan fingerprint density at radius 2 is 2.27 bits per heavy atom. The molecule has 1 aromatic rings. The fourth-order valence-electron chi connectivity index (χ4n) is 1.28. The van der Waals surface area contributed by atoms with Gasteiger partial charge in [-0.25, -0.2) is 4.39 Å². The molecule has 0 heterocycles. The van der Waals surface area contributed by atoms with E-state index in [1.807, 2.05) is 25.3 Å². The van der Waals surface area contributed by atoms with Gasteiger partial charge in [0.2, 0.25) is 0 Å². The third-order valence-corrected chi connectivity index (χ3v) is 2.17. The zero-order chi connectivity index (χ0) is 11.1. The first-order valence-corrected chi connectivity index (χ1v) is 5.07. The Morgan fingerprint density at radius 3 is 2.87 bits per heavy atom. The first-order valence-electron chi connectivity index (χ1n) is 5.07. The van der Waals surface area contributed by atoms with Crippen LogP contribution in [-0.4, -0.2) is 13.6 Å². The fourth-order valence-corrected chi connectivity index (χ4v) is 1.28. The quantitative estimate of drug-likeness (QED) is 0.725. The van der Waals surface area contributed by atoms with E-state index in [2.05, 4.69) is 5.32 Å². The van der Waals surface area contributed by atoms with Crippen LogP contribution >= 0.6 is 0 Å². The van der Waals surface area contributed by atoms with Crippen LogP contribution in [0.1, 0.15) is 17.5 Å². The molecule has 82 valence electrons. The maximum atomic E-state index is 13.3. The second kappa shape index (κ2) is 6.32. The molecule has 3 heteroatoms. The monoisotopic (exact) mass is 208 g/mol. The highest BCUT2D eigenvalue weighted by atomic mass is 19.1. The highest BCUT2D eigenvalue weighted by Gasteiger charge is 1.99. The van der Waals surface area contributed by atoms with Gasteiger partial charge in [-0.2, -0.15) is 0 Å². The molecule has 0 aromatic heterocycles. The molecule has 0 amide bonds. The second-order valence-electron chi connectivity index (χ2n) is 3.35. The summed E-state index contributed by atoms with van der Waals surface area (Å²) in [6.45, 7) is 1.18. The Hall–Kier alpha value is -1.19. The zero-order valence-corrected chi connectivity index (χ0v) is 8.96. The molecule has 0 unspecified atom stereocenters. The van der Waals surface area contributed by atoms with E-state index in [1.165, 1.54) is 6.07 Å². The van der Waals surface area contributed by atoms with Crippen molar-refractivity contribution in [3.8, 4) is 0 Å². The molecular formula is C12H17FN2. The van der Waals surface area contributed by atoms with Gasteiger partial charge < -0.3 is 11.1 Å². The van der Waals surface area contributed by atoms with Crippen molar-refractivity contribution < 1.29 is 4.39 Å². The molecule has 0 aliphatic carbocycles. The summed E-state index contributed by atoms with van der Waals surface area (Å²) in [4.78, 5) is 0. The lowest BCUT2D eigenvalue weighted by Gasteiger charge is -2.00.